The van der Waals surface area contributed by atoms with Crippen LogP contribution >= 0.6 is 0 Å². The van der Waals surface area contributed by atoms with Crippen molar-refractivity contribution >= 4 is 11.6 Å². The largest absolute Gasteiger partial charge is 0.345 e. The Hall–Kier alpha value is -3.55. The van der Waals surface area contributed by atoms with Gasteiger partial charge in [0.15, 0.2) is 17.3 Å². The summed E-state index contributed by atoms with van der Waals surface area (Å²) < 4.78 is 6.99. The van der Waals surface area contributed by atoms with Gasteiger partial charge in [-0.05, 0) is 44.5 Å². The number of hydrogen-bond acceptors (Lipinski definition) is 6. The van der Waals surface area contributed by atoms with Crippen LogP contribution in [0.3, 0.4) is 0 Å². The Balaban J connectivity index is 1.54. The third-order valence-electron chi connectivity index (χ3n) is 4.30. The maximum absolute atomic E-state index is 12.5. The second kappa shape index (κ2) is 6.64. The van der Waals surface area contributed by atoms with Crippen LogP contribution in [0.25, 0.3) is 17.1 Å². The fourth-order valence-corrected chi connectivity index (χ4v) is 2.84. The van der Waals surface area contributed by atoms with Gasteiger partial charge in [0.2, 0.25) is 0 Å². The van der Waals surface area contributed by atoms with E-state index >= 15 is 0 Å². The van der Waals surface area contributed by atoms with E-state index in [1.54, 1.807) is 6.92 Å². The minimum Gasteiger partial charge on any atom is -0.345 e. The van der Waals surface area contributed by atoms with Crippen molar-refractivity contribution in [1.29, 1.82) is 0 Å². The van der Waals surface area contributed by atoms with Crippen LogP contribution in [0.4, 0.5) is 0 Å². The molecule has 3 heterocycles. The summed E-state index contributed by atoms with van der Waals surface area (Å²) in [6, 6.07) is 9.47. The van der Waals surface area contributed by atoms with Crippen LogP contribution in [0.2, 0.25) is 0 Å². The summed E-state index contributed by atoms with van der Waals surface area (Å²) in [7, 11) is 0. The van der Waals surface area contributed by atoms with Gasteiger partial charge in [-0.1, -0.05) is 22.9 Å². The zero-order chi connectivity index (χ0) is 19.0. The highest BCUT2D eigenvalue weighted by Crippen LogP contribution is 2.19. The maximum Gasteiger partial charge on any atom is 0.258 e. The van der Waals surface area contributed by atoms with Crippen LogP contribution in [-0.2, 0) is 6.54 Å². The normalized spacial score (nSPS) is 11.1. The van der Waals surface area contributed by atoms with Gasteiger partial charge in [-0.25, -0.2) is 0 Å². The minimum atomic E-state index is -0.133. The summed E-state index contributed by atoms with van der Waals surface area (Å²) in [5.41, 5.74) is 4.05. The first-order valence-corrected chi connectivity index (χ1v) is 8.51. The molecule has 0 spiro atoms. The molecule has 0 radical (unpaired) electrons. The highest BCUT2D eigenvalue weighted by atomic mass is 16.5. The molecule has 8 nitrogen and oxygen atoms in total. The average Bonchev–Trinajstić information content (AvgIpc) is 3.27. The van der Waals surface area contributed by atoms with Crippen LogP contribution in [-0.4, -0.2) is 30.6 Å². The maximum atomic E-state index is 12.5. The zero-order valence-corrected chi connectivity index (χ0v) is 15.2. The lowest BCUT2D eigenvalue weighted by atomic mass is 10.1. The summed E-state index contributed by atoms with van der Waals surface area (Å²) >= 11 is 0. The fourth-order valence-electron chi connectivity index (χ4n) is 2.84. The highest BCUT2D eigenvalue weighted by Gasteiger charge is 2.13. The number of carbonyl (C=O) groups is 1. The molecule has 3 aromatic heterocycles. The van der Waals surface area contributed by atoms with E-state index in [9.17, 15) is 4.79 Å². The molecule has 136 valence electrons. The second-order valence-electron chi connectivity index (χ2n) is 6.41. The third-order valence-corrected chi connectivity index (χ3v) is 4.30. The van der Waals surface area contributed by atoms with E-state index < -0.39 is 0 Å². The topological polar surface area (TPSA) is 98.2 Å². The first-order chi connectivity index (χ1) is 13.0. The lowest BCUT2D eigenvalue weighted by Gasteiger charge is -2.08. The predicted molar refractivity (Wildman–Crippen MR) is 98.1 cm³/mol. The molecule has 1 amide bonds. The number of aromatic nitrogens is 5. The number of nitrogens with one attached hydrogen (secondary N) is 1. The SMILES string of the molecule is Cc1ccc(C)c(C(=O)NCc2nnc3cc(-c4nc(C)no4)ccn23)c1. The van der Waals surface area contributed by atoms with Gasteiger partial charge in [0.1, 0.15) is 0 Å². The number of amides is 1. The molecule has 0 saturated carbocycles. The van der Waals surface area contributed by atoms with Gasteiger partial charge in [-0.15, -0.1) is 10.2 Å². The number of pyridine rings is 1. The van der Waals surface area contributed by atoms with Gasteiger partial charge in [0.05, 0.1) is 6.54 Å². The number of nitrogens with zero attached hydrogens (tertiary/aromatic N) is 5. The summed E-state index contributed by atoms with van der Waals surface area (Å²) in [5.74, 6) is 1.51. The van der Waals surface area contributed by atoms with Gasteiger partial charge < -0.3 is 9.84 Å². The summed E-state index contributed by atoms with van der Waals surface area (Å²) in [6.07, 6.45) is 1.82. The smallest absolute Gasteiger partial charge is 0.258 e. The average molecular weight is 362 g/mol. The molecular formula is C19H18N6O2. The molecule has 4 rings (SSSR count). The van der Waals surface area contributed by atoms with E-state index in [2.05, 4.69) is 25.7 Å². The van der Waals surface area contributed by atoms with Crippen molar-refractivity contribution in [3.05, 3.63) is 64.9 Å². The molecule has 1 N–H and O–H groups in total. The number of fused-ring (bicyclic) bond motifs is 1. The monoisotopic (exact) mass is 362 g/mol. The van der Waals surface area contributed by atoms with Gasteiger partial charge in [0, 0.05) is 17.3 Å². The van der Waals surface area contributed by atoms with Gasteiger partial charge in [-0.2, -0.15) is 4.98 Å². The quantitative estimate of drug-likeness (QED) is 0.599. The Morgan fingerprint density at radius 1 is 1.15 bits per heavy atom. The predicted octanol–water partition coefficient (Wildman–Crippen LogP) is 2.63. The number of carbonyl (C=O) groups excluding carboxylic acids is 1. The standard InChI is InChI=1S/C19H18N6O2/c1-11-4-5-12(2)15(8-11)18(26)20-10-17-23-22-16-9-14(6-7-25(16)17)19-21-13(3)24-27-19/h4-9H,10H2,1-3H3,(H,20,26). The molecule has 0 aliphatic carbocycles. The molecule has 0 saturated heterocycles. The molecular weight excluding hydrogens is 344 g/mol. The van der Waals surface area contributed by atoms with Gasteiger partial charge in [-0.3, -0.25) is 9.20 Å². The number of aryl methyl sites for hydroxylation is 3. The third kappa shape index (κ3) is 3.29. The summed E-state index contributed by atoms with van der Waals surface area (Å²) in [6.45, 7) is 5.91. The van der Waals surface area contributed by atoms with Crippen molar-refractivity contribution in [1.82, 2.24) is 30.1 Å². The number of rotatable bonds is 4. The van der Waals surface area contributed by atoms with Gasteiger partial charge in [0.25, 0.3) is 11.8 Å². The van der Waals surface area contributed by atoms with E-state index in [1.807, 2.05) is 54.8 Å². The van der Waals surface area contributed by atoms with E-state index in [0.29, 0.717) is 28.8 Å². The van der Waals surface area contributed by atoms with Crippen LogP contribution in [0.1, 0.15) is 33.1 Å². The van der Waals surface area contributed by atoms with Crippen molar-refractivity contribution in [3.63, 3.8) is 0 Å². The van der Waals surface area contributed by atoms with Crippen LogP contribution in [0, 0.1) is 20.8 Å². The van der Waals surface area contributed by atoms with Crippen molar-refractivity contribution in [2.24, 2.45) is 0 Å². The Labute approximate surface area is 155 Å². The van der Waals surface area contributed by atoms with E-state index in [-0.39, 0.29) is 12.5 Å². The Morgan fingerprint density at radius 2 is 2.00 bits per heavy atom. The Morgan fingerprint density at radius 3 is 2.78 bits per heavy atom. The van der Waals surface area contributed by atoms with Crippen molar-refractivity contribution in [2.75, 3.05) is 0 Å². The van der Waals surface area contributed by atoms with Crippen molar-refractivity contribution in [2.45, 2.75) is 27.3 Å². The molecule has 0 aliphatic heterocycles. The first kappa shape index (κ1) is 16.9. The molecule has 0 aliphatic rings. The number of hydrogen-bond donors (Lipinski definition) is 1. The fraction of sp³-hybridized carbons (Fsp3) is 0.211. The molecule has 27 heavy (non-hydrogen) atoms. The van der Waals surface area contributed by atoms with Crippen molar-refractivity contribution < 1.29 is 9.32 Å². The van der Waals surface area contributed by atoms with Crippen LogP contribution in [0.5, 0.6) is 0 Å². The Kier molecular flexibility index (Phi) is 4.15. The molecule has 0 fully saturated rings. The first-order valence-electron chi connectivity index (χ1n) is 8.51. The van der Waals surface area contributed by atoms with Crippen LogP contribution < -0.4 is 5.32 Å². The molecule has 8 heteroatoms. The summed E-state index contributed by atoms with van der Waals surface area (Å²) in [5, 5.41) is 15.0. The lowest BCUT2D eigenvalue weighted by Crippen LogP contribution is -2.24. The highest BCUT2D eigenvalue weighted by molar-refractivity contribution is 5.95. The van der Waals surface area contributed by atoms with E-state index in [1.165, 1.54) is 0 Å². The van der Waals surface area contributed by atoms with E-state index in [4.69, 9.17) is 4.52 Å². The lowest BCUT2D eigenvalue weighted by molar-refractivity contribution is 0.0949. The molecule has 4 aromatic rings. The molecule has 0 atom stereocenters. The molecule has 1 aromatic carbocycles. The van der Waals surface area contributed by atoms with E-state index in [0.717, 1.165) is 16.7 Å². The number of benzene rings is 1. The zero-order valence-electron chi connectivity index (χ0n) is 15.2. The second-order valence-corrected chi connectivity index (χ2v) is 6.41. The summed E-state index contributed by atoms with van der Waals surface area (Å²) in [4.78, 5) is 16.7. The minimum absolute atomic E-state index is 0.133. The molecule has 0 unspecified atom stereocenters. The van der Waals surface area contributed by atoms with Gasteiger partial charge >= 0.3 is 0 Å². The Bertz CT molecular complexity index is 1140. The van der Waals surface area contributed by atoms with Crippen molar-refractivity contribution in [3.8, 4) is 11.5 Å². The molecule has 0 bridgehead atoms. The van der Waals surface area contributed by atoms with Crippen LogP contribution in [0.15, 0.2) is 41.1 Å².